The van der Waals surface area contributed by atoms with E-state index in [0.717, 1.165) is 0 Å². The number of rotatable bonds is 0. The van der Waals surface area contributed by atoms with E-state index in [1.165, 1.54) is 0 Å². The molecule has 0 unspecified atom stereocenters. The van der Waals surface area contributed by atoms with Crippen molar-refractivity contribution in [2.24, 2.45) is 0 Å². The quantitative estimate of drug-likeness (QED) is 0.245. The van der Waals surface area contributed by atoms with Crippen LogP contribution >= 0.6 is 0 Å². The van der Waals surface area contributed by atoms with Crippen LogP contribution in [0.3, 0.4) is 0 Å². The van der Waals surface area contributed by atoms with E-state index < -0.39 is 0 Å². The average molecular weight is 750 g/mol. The summed E-state index contributed by atoms with van der Waals surface area (Å²) in [7, 11) is 0. The minimum atomic E-state index is 0. The van der Waals surface area contributed by atoms with Gasteiger partial charge in [-0.05, 0) is 0 Å². The fourth-order valence-corrected chi connectivity index (χ4v) is 0. The Morgan fingerprint density at radius 2 is 0.455 bits per heavy atom. The molecule has 0 saturated carbocycles. The van der Waals surface area contributed by atoms with Gasteiger partial charge in [0.2, 0.25) is 0 Å². The third-order valence-electron chi connectivity index (χ3n) is 0. The van der Waals surface area contributed by atoms with Crippen LogP contribution in [0.1, 0.15) is 0 Å². The summed E-state index contributed by atoms with van der Waals surface area (Å²) >= 11 is 0. The van der Waals surface area contributed by atoms with Crippen LogP contribution in [-0.4, -0.2) is 125 Å². The molecule has 0 aromatic rings. The topological polar surface area (TPSA) is 0 Å². The molecule has 12 radical (unpaired) electrons. The summed E-state index contributed by atoms with van der Waals surface area (Å²) in [5.74, 6) is 0. The molecule has 0 aromatic carbocycles. The minimum Gasteiger partial charge on any atom is -2.00 e. The van der Waals surface area contributed by atoms with Crippen LogP contribution in [0, 0.1) is 0 Å². The number of hydrogen-bond acceptors (Lipinski definition) is 0. The maximum atomic E-state index is 0. The summed E-state index contributed by atoms with van der Waals surface area (Å²) in [6.45, 7) is 0. The smallest absolute Gasteiger partial charge is 2.00 e. The third-order valence-corrected chi connectivity index (χ3v) is 0. The summed E-state index contributed by atoms with van der Waals surface area (Å²) in [6.07, 6.45) is 0. The SMILES string of the molecule is [Cu].[Cu].[Ga+3].[Ga+3].[In].[In].[S-2].[S-2].[S-2].[Se].[Se]. The van der Waals surface area contributed by atoms with Crippen molar-refractivity contribution in [3.8, 4) is 0 Å². The fraction of sp³-hybridized carbons (Fsp3) is 0. The first-order chi connectivity index (χ1) is 0. The van der Waals surface area contributed by atoms with E-state index in [2.05, 4.69) is 0 Å². The van der Waals surface area contributed by atoms with Gasteiger partial charge in [-0.1, -0.05) is 0 Å². The Balaban J connectivity index is 0. The van der Waals surface area contributed by atoms with Crippen LogP contribution in [0.2, 0.25) is 0 Å². The molecule has 0 N–H and O–H groups in total. The van der Waals surface area contributed by atoms with E-state index in [1.807, 2.05) is 0 Å². The van der Waals surface area contributed by atoms with E-state index in [-0.39, 0.29) is 200 Å². The summed E-state index contributed by atoms with van der Waals surface area (Å²) in [6, 6.07) is 0. The average Bonchev–Trinajstić information content (AvgIpc) is 0. The maximum absolute atomic E-state index is 0. The summed E-state index contributed by atoms with van der Waals surface area (Å²) in [5.41, 5.74) is 0. The van der Waals surface area contributed by atoms with Crippen LogP contribution in [0.15, 0.2) is 0 Å². The van der Waals surface area contributed by atoms with E-state index in [9.17, 15) is 0 Å². The fourth-order valence-electron chi connectivity index (χ4n) is 0. The number of hydrogen-bond donors (Lipinski definition) is 0. The molecule has 0 aliphatic carbocycles. The van der Waals surface area contributed by atoms with Gasteiger partial charge < -0.3 is 40.5 Å². The Morgan fingerprint density at radius 1 is 0.455 bits per heavy atom. The Bertz CT molecular complexity index is 25.3. The molecule has 0 saturated heterocycles. The molecule has 0 aliphatic rings. The van der Waals surface area contributed by atoms with Crippen LogP contribution in [-0.2, 0) is 74.6 Å². The second-order valence-electron chi connectivity index (χ2n) is 0. The van der Waals surface area contributed by atoms with Crippen molar-refractivity contribution >= 4 is 166 Å². The van der Waals surface area contributed by atoms with Crippen LogP contribution in [0.5, 0.6) is 0 Å². The minimum absolute atomic E-state index is 0. The van der Waals surface area contributed by atoms with Gasteiger partial charge in [-0.3, -0.25) is 0 Å². The van der Waals surface area contributed by atoms with E-state index in [0.29, 0.717) is 0 Å². The van der Waals surface area contributed by atoms with Crippen molar-refractivity contribution in [3.05, 3.63) is 0 Å². The van der Waals surface area contributed by atoms with Gasteiger partial charge in [0, 0.05) is 120 Å². The van der Waals surface area contributed by atoms with Gasteiger partial charge in [0.1, 0.15) is 0 Å². The van der Waals surface area contributed by atoms with Gasteiger partial charge in [0.05, 0.1) is 0 Å². The summed E-state index contributed by atoms with van der Waals surface area (Å²) < 4.78 is 0. The maximum Gasteiger partial charge on any atom is 3.00 e. The first-order valence-electron chi connectivity index (χ1n) is 0. The van der Waals surface area contributed by atoms with E-state index in [1.54, 1.807) is 0 Å². The van der Waals surface area contributed by atoms with Crippen LogP contribution in [0.4, 0.5) is 0 Å². The van der Waals surface area contributed by atoms with Crippen molar-refractivity contribution in [2.45, 2.75) is 0 Å². The Kier molecular flexibility index (Phi) is 1060. The zero-order chi connectivity index (χ0) is 0. The van der Waals surface area contributed by atoms with Gasteiger partial charge in [-0.2, -0.15) is 0 Å². The molecular weight excluding hydrogens is 750 g/mol. The molecular formula is Cu2Ga2In2S3Se2. The largest absolute Gasteiger partial charge is 3.00 e. The zero-order valence-electron chi connectivity index (χ0n) is 4.95. The molecule has 0 spiro atoms. The summed E-state index contributed by atoms with van der Waals surface area (Å²) in [5, 5.41) is 0. The van der Waals surface area contributed by atoms with E-state index in [4.69, 9.17) is 0 Å². The molecule has 11 heteroatoms. The van der Waals surface area contributed by atoms with E-state index >= 15 is 0 Å². The molecule has 64 valence electrons. The Labute approximate surface area is 196 Å². The van der Waals surface area contributed by atoms with Crippen molar-refractivity contribution < 1.29 is 34.1 Å². The third kappa shape index (κ3) is 85.6. The monoisotopic (exact) mass is 749 g/mol. The van der Waals surface area contributed by atoms with Crippen LogP contribution in [0.25, 0.3) is 0 Å². The molecule has 11 heavy (non-hydrogen) atoms. The molecule has 0 bridgehead atoms. The van der Waals surface area contributed by atoms with Gasteiger partial charge in [-0.25, -0.2) is 0 Å². The Morgan fingerprint density at radius 3 is 0.455 bits per heavy atom. The zero-order valence-corrected chi connectivity index (χ0v) is 24.1. The molecule has 0 fully saturated rings. The molecule has 0 aromatic heterocycles. The van der Waals surface area contributed by atoms with Crippen molar-refractivity contribution in [2.75, 3.05) is 0 Å². The molecule has 0 rings (SSSR count). The first-order valence-corrected chi connectivity index (χ1v) is 0. The van der Waals surface area contributed by atoms with Crippen molar-refractivity contribution in [1.82, 2.24) is 0 Å². The van der Waals surface area contributed by atoms with Crippen molar-refractivity contribution in [1.29, 1.82) is 0 Å². The van der Waals surface area contributed by atoms with Crippen molar-refractivity contribution in [3.63, 3.8) is 0 Å². The molecule has 0 atom stereocenters. The normalized spacial score (nSPS) is 0. The van der Waals surface area contributed by atoms with Gasteiger partial charge in [-0.15, -0.1) is 0 Å². The standard InChI is InChI=1S/2Cu.2Ga.2In.3S.2Se/q;;2*+3;;;3*-2;;. The first kappa shape index (κ1) is 118. The molecule has 0 heterocycles. The molecule has 0 aliphatic heterocycles. The second-order valence-corrected chi connectivity index (χ2v) is 0. The molecule has 0 amide bonds. The predicted molar refractivity (Wildman–Crippen MR) is 56.6 cm³/mol. The van der Waals surface area contributed by atoms with Gasteiger partial charge >= 0.3 is 39.6 Å². The summed E-state index contributed by atoms with van der Waals surface area (Å²) in [4.78, 5) is 0. The Hall–Kier alpha value is 6.14. The second kappa shape index (κ2) is 98.1. The molecule has 0 nitrogen and oxygen atoms in total. The van der Waals surface area contributed by atoms with Gasteiger partial charge in [0.25, 0.3) is 0 Å². The van der Waals surface area contributed by atoms with Crippen LogP contribution < -0.4 is 0 Å². The van der Waals surface area contributed by atoms with Gasteiger partial charge in [0.15, 0.2) is 0 Å². The predicted octanol–water partition coefficient (Wildman–Crippen LogP) is -2.30.